The fraction of sp³-hybridized carbons (Fsp3) is 0.731. The molecule has 2 fully saturated rings. The summed E-state index contributed by atoms with van der Waals surface area (Å²) in [7, 11) is 0. The van der Waals surface area contributed by atoms with Gasteiger partial charge in [-0.3, -0.25) is 0 Å². The van der Waals surface area contributed by atoms with Gasteiger partial charge in [-0.1, -0.05) is 13.3 Å². The summed E-state index contributed by atoms with van der Waals surface area (Å²) < 4.78 is 12.1. The van der Waals surface area contributed by atoms with E-state index in [0.717, 1.165) is 44.8 Å². The number of rotatable bonds is 5. The van der Waals surface area contributed by atoms with Crippen LogP contribution in [-0.4, -0.2) is 62.5 Å². The van der Waals surface area contributed by atoms with E-state index >= 15 is 0 Å². The molecule has 1 amide bonds. The topological polar surface area (TPSA) is 54.0 Å². The second-order valence-corrected chi connectivity index (χ2v) is 10.3. The molecular formula is C26H41N3O3. The summed E-state index contributed by atoms with van der Waals surface area (Å²) >= 11 is 0. The molecule has 1 N–H and O–H groups in total. The molecule has 0 spiro atoms. The first-order valence-electron chi connectivity index (χ1n) is 12.5. The highest BCUT2D eigenvalue weighted by molar-refractivity contribution is 5.72. The van der Waals surface area contributed by atoms with Gasteiger partial charge in [0.1, 0.15) is 11.4 Å². The van der Waals surface area contributed by atoms with Crippen molar-refractivity contribution in [3.8, 4) is 5.75 Å². The number of carbonyl (C=O) groups excluding carboxylic acids is 1. The molecule has 0 saturated carbocycles. The minimum Gasteiger partial charge on any atom is -0.487 e. The number of piperazine rings is 1. The number of anilines is 1. The first-order chi connectivity index (χ1) is 15.3. The number of amides is 1. The molecule has 6 nitrogen and oxygen atoms in total. The molecule has 1 aromatic rings. The van der Waals surface area contributed by atoms with Gasteiger partial charge in [-0.05, 0) is 83.2 Å². The van der Waals surface area contributed by atoms with E-state index in [9.17, 15) is 4.79 Å². The van der Waals surface area contributed by atoms with Crippen molar-refractivity contribution >= 4 is 11.8 Å². The van der Waals surface area contributed by atoms with Gasteiger partial charge in [0.2, 0.25) is 0 Å². The first-order valence-corrected chi connectivity index (χ1v) is 12.5. The number of unbranched alkanes of at least 4 members (excludes halogenated alkanes) is 1. The van der Waals surface area contributed by atoms with Crippen LogP contribution in [0.3, 0.4) is 0 Å². The molecule has 0 aliphatic carbocycles. The van der Waals surface area contributed by atoms with E-state index in [1.54, 1.807) is 0 Å². The third kappa shape index (κ3) is 4.07. The first kappa shape index (κ1) is 23.2. The van der Waals surface area contributed by atoms with Crippen LogP contribution in [0, 0.1) is 26.7 Å². The van der Waals surface area contributed by atoms with Crippen LogP contribution in [0.4, 0.5) is 10.5 Å². The van der Waals surface area contributed by atoms with E-state index in [0.29, 0.717) is 31.5 Å². The summed E-state index contributed by atoms with van der Waals surface area (Å²) in [5, 5.41) is 3.56. The fourth-order valence-electron chi connectivity index (χ4n) is 6.06. The van der Waals surface area contributed by atoms with E-state index < -0.39 is 0 Å². The minimum atomic E-state index is -0.194. The highest BCUT2D eigenvalue weighted by Gasteiger charge is 2.48. The molecule has 4 rings (SSSR count). The normalized spacial score (nSPS) is 24.4. The van der Waals surface area contributed by atoms with Gasteiger partial charge in [0, 0.05) is 43.3 Å². The third-order valence-corrected chi connectivity index (χ3v) is 7.83. The lowest BCUT2D eigenvalue weighted by molar-refractivity contribution is 0.0883. The largest absolute Gasteiger partial charge is 0.487 e. The summed E-state index contributed by atoms with van der Waals surface area (Å²) in [4.78, 5) is 16.7. The van der Waals surface area contributed by atoms with Crippen LogP contribution in [0.15, 0.2) is 0 Å². The summed E-state index contributed by atoms with van der Waals surface area (Å²) in [5.41, 5.74) is 6.51. The number of fused-ring (bicyclic) bond motifs is 1. The van der Waals surface area contributed by atoms with Crippen molar-refractivity contribution in [3.63, 3.8) is 0 Å². The maximum atomic E-state index is 12.4. The Hall–Kier alpha value is -1.95. The number of nitrogens with one attached hydrogen (secondary N) is 1. The zero-order chi connectivity index (χ0) is 23.0. The molecule has 2 saturated heterocycles. The summed E-state index contributed by atoms with van der Waals surface area (Å²) in [5.74, 6) is 2.12. The minimum absolute atomic E-state index is 0.166. The molecule has 6 heteroatoms. The maximum absolute atomic E-state index is 12.4. The Morgan fingerprint density at radius 2 is 1.84 bits per heavy atom. The van der Waals surface area contributed by atoms with Gasteiger partial charge in [0.15, 0.2) is 0 Å². The average Bonchev–Trinajstić information content (AvgIpc) is 3.38. The number of nitrogens with zero attached hydrogens (tertiary/aromatic N) is 2. The molecular weight excluding hydrogens is 402 g/mol. The Balaban J connectivity index is 1.58. The van der Waals surface area contributed by atoms with Gasteiger partial charge in [-0.25, -0.2) is 4.79 Å². The molecule has 3 aliphatic rings. The van der Waals surface area contributed by atoms with Crippen LogP contribution in [0.2, 0.25) is 0 Å². The van der Waals surface area contributed by atoms with Crippen LogP contribution in [0.5, 0.6) is 5.75 Å². The molecule has 0 bridgehead atoms. The summed E-state index contributed by atoms with van der Waals surface area (Å²) in [6.45, 7) is 19.1. The van der Waals surface area contributed by atoms with Crippen LogP contribution in [-0.2, 0) is 4.74 Å². The highest BCUT2D eigenvalue weighted by Crippen LogP contribution is 2.55. The Morgan fingerprint density at radius 3 is 2.47 bits per heavy atom. The summed E-state index contributed by atoms with van der Waals surface area (Å²) in [6, 6.07) is 0. The van der Waals surface area contributed by atoms with E-state index in [1.165, 1.54) is 34.4 Å². The van der Waals surface area contributed by atoms with E-state index in [4.69, 9.17) is 9.47 Å². The number of hydrogen-bond donors (Lipinski definition) is 1. The lowest BCUT2D eigenvalue weighted by Crippen LogP contribution is -2.49. The Bertz CT molecular complexity index is 853. The number of carbonyl (C=O) groups is 1. The zero-order valence-corrected chi connectivity index (χ0v) is 20.8. The van der Waals surface area contributed by atoms with Crippen molar-refractivity contribution in [1.82, 2.24) is 10.2 Å². The average molecular weight is 444 g/mol. The van der Waals surface area contributed by atoms with Crippen LogP contribution in [0.25, 0.3) is 0 Å². The quantitative estimate of drug-likeness (QED) is 0.678. The zero-order valence-electron chi connectivity index (χ0n) is 20.8. The molecule has 178 valence electrons. The standard InChI is InChI=1S/C26H41N3O3/c1-7-8-15-31-25(30)29-13-11-28(12-14-29)23-17(2)18(3)24-21(19(23)4)22(26(5,6)32-24)20-9-10-27-16-20/h20,22,27H,7-16H2,1-6H3. The van der Waals surface area contributed by atoms with Gasteiger partial charge in [-0.2, -0.15) is 0 Å². The molecule has 32 heavy (non-hydrogen) atoms. The van der Waals surface area contributed by atoms with Crippen molar-refractivity contribution in [2.24, 2.45) is 5.92 Å². The molecule has 3 heterocycles. The van der Waals surface area contributed by atoms with Gasteiger partial charge >= 0.3 is 6.09 Å². The van der Waals surface area contributed by atoms with Crippen LogP contribution < -0.4 is 15.0 Å². The predicted molar refractivity (Wildman–Crippen MR) is 129 cm³/mol. The second-order valence-electron chi connectivity index (χ2n) is 10.3. The Morgan fingerprint density at radius 1 is 1.12 bits per heavy atom. The molecule has 3 aliphatic heterocycles. The lowest BCUT2D eigenvalue weighted by Gasteiger charge is -2.38. The number of hydrogen-bond acceptors (Lipinski definition) is 5. The molecule has 0 radical (unpaired) electrons. The van der Waals surface area contributed by atoms with Crippen LogP contribution >= 0.6 is 0 Å². The Kier molecular flexibility index (Phi) is 6.62. The molecule has 1 aromatic carbocycles. The van der Waals surface area contributed by atoms with Crippen molar-refractivity contribution in [2.45, 2.75) is 72.3 Å². The predicted octanol–water partition coefficient (Wildman–Crippen LogP) is 4.53. The number of benzene rings is 1. The molecule has 0 aromatic heterocycles. The number of ether oxygens (including phenoxy) is 2. The smallest absolute Gasteiger partial charge is 0.409 e. The van der Waals surface area contributed by atoms with E-state index in [-0.39, 0.29) is 11.7 Å². The second kappa shape index (κ2) is 9.12. The molecule has 2 unspecified atom stereocenters. The van der Waals surface area contributed by atoms with Gasteiger partial charge in [0.05, 0.1) is 6.61 Å². The SMILES string of the molecule is CCCCOC(=O)N1CCN(c2c(C)c(C)c3c(c2C)C(C2CCNC2)C(C)(C)O3)CC1. The maximum Gasteiger partial charge on any atom is 0.409 e. The van der Waals surface area contributed by atoms with Crippen molar-refractivity contribution in [2.75, 3.05) is 50.8 Å². The summed E-state index contributed by atoms with van der Waals surface area (Å²) in [6.07, 6.45) is 3.00. The third-order valence-electron chi connectivity index (χ3n) is 7.83. The van der Waals surface area contributed by atoms with Gasteiger partial charge in [-0.15, -0.1) is 0 Å². The monoisotopic (exact) mass is 443 g/mol. The lowest BCUT2D eigenvalue weighted by atomic mass is 9.74. The fourth-order valence-corrected chi connectivity index (χ4v) is 6.06. The van der Waals surface area contributed by atoms with Crippen molar-refractivity contribution in [3.05, 3.63) is 22.3 Å². The van der Waals surface area contributed by atoms with Crippen LogP contribution in [0.1, 0.15) is 68.2 Å². The molecule has 2 atom stereocenters. The Labute approximate surface area is 193 Å². The van der Waals surface area contributed by atoms with E-state index in [2.05, 4.69) is 51.8 Å². The van der Waals surface area contributed by atoms with Crippen molar-refractivity contribution < 1.29 is 14.3 Å². The van der Waals surface area contributed by atoms with Gasteiger partial charge in [0.25, 0.3) is 0 Å². The van der Waals surface area contributed by atoms with E-state index in [1.807, 2.05) is 4.90 Å². The highest BCUT2D eigenvalue weighted by atomic mass is 16.6. The van der Waals surface area contributed by atoms with Crippen molar-refractivity contribution in [1.29, 1.82) is 0 Å². The van der Waals surface area contributed by atoms with Gasteiger partial charge < -0.3 is 24.6 Å².